The molecular weight excluding hydrogens is 212 g/mol. The molecule has 3 nitrogen and oxygen atoms in total. The Labute approximate surface area is 103 Å². The van der Waals surface area contributed by atoms with E-state index >= 15 is 0 Å². The summed E-state index contributed by atoms with van der Waals surface area (Å²) in [6, 6.07) is 11.5. The minimum Gasteiger partial charge on any atom is -0.369 e. The van der Waals surface area contributed by atoms with Gasteiger partial charge < -0.3 is 4.74 Å². The molecule has 0 atom stereocenters. The van der Waals surface area contributed by atoms with Gasteiger partial charge >= 0.3 is 0 Å². The predicted octanol–water partition coefficient (Wildman–Crippen LogP) is 3.24. The Kier molecular flexibility index (Phi) is 5.89. The van der Waals surface area contributed by atoms with Gasteiger partial charge in [0.15, 0.2) is 0 Å². The maximum absolute atomic E-state index is 5.40. The minimum atomic E-state index is -0.188. The zero-order valence-electron chi connectivity index (χ0n) is 10.5. The lowest BCUT2D eigenvalue weighted by atomic mass is 10.1. The largest absolute Gasteiger partial charge is 0.369 e. The average molecular weight is 230 g/mol. The monoisotopic (exact) mass is 230 g/mol. The molecule has 0 unspecified atom stereocenters. The maximum atomic E-state index is 5.40. The van der Waals surface area contributed by atoms with Crippen LogP contribution in [0.2, 0.25) is 0 Å². The van der Waals surface area contributed by atoms with Crippen LogP contribution in [0.5, 0.6) is 0 Å². The molecule has 0 aliphatic carbocycles. The van der Waals surface area contributed by atoms with Gasteiger partial charge in [0.2, 0.25) is 0 Å². The van der Waals surface area contributed by atoms with Gasteiger partial charge in [-0.25, -0.2) is 0 Å². The summed E-state index contributed by atoms with van der Waals surface area (Å²) >= 11 is 0. The standard InChI is InChI=1S/C12H12N2O.C2H6/c1-15-12(10-6-2-4-8-13-10)11-7-3-5-9-14-11;1-2/h2-9,12H,1H3;1-2H3. The summed E-state index contributed by atoms with van der Waals surface area (Å²) in [6.45, 7) is 4.00. The number of nitrogens with zero attached hydrogens (tertiary/aromatic N) is 2. The van der Waals surface area contributed by atoms with Gasteiger partial charge in [0, 0.05) is 19.5 Å². The smallest absolute Gasteiger partial charge is 0.141 e. The summed E-state index contributed by atoms with van der Waals surface area (Å²) in [5.74, 6) is 0. The zero-order valence-corrected chi connectivity index (χ0v) is 10.5. The molecule has 0 saturated heterocycles. The fourth-order valence-corrected chi connectivity index (χ4v) is 1.46. The van der Waals surface area contributed by atoms with Crippen LogP contribution >= 0.6 is 0 Å². The molecule has 3 heteroatoms. The number of hydrogen-bond donors (Lipinski definition) is 0. The molecule has 0 aliphatic heterocycles. The molecule has 0 N–H and O–H groups in total. The lowest BCUT2D eigenvalue weighted by Crippen LogP contribution is -2.06. The molecule has 0 bridgehead atoms. The molecule has 0 aromatic carbocycles. The van der Waals surface area contributed by atoms with E-state index in [1.807, 2.05) is 50.2 Å². The number of hydrogen-bond acceptors (Lipinski definition) is 3. The van der Waals surface area contributed by atoms with Crippen LogP contribution in [0.1, 0.15) is 31.3 Å². The molecule has 17 heavy (non-hydrogen) atoms. The predicted molar refractivity (Wildman–Crippen MR) is 68.7 cm³/mol. The Morgan fingerprint density at radius 1 is 0.882 bits per heavy atom. The molecular formula is C14H18N2O. The fraction of sp³-hybridized carbons (Fsp3) is 0.286. The SMILES string of the molecule is CC.COC(c1ccccn1)c1ccccn1. The third-order valence-corrected chi connectivity index (χ3v) is 2.15. The lowest BCUT2D eigenvalue weighted by Gasteiger charge is -2.13. The molecule has 0 saturated carbocycles. The van der Waals surface area contributed by atoms with Crippen molar-refractivity contribution in [3.8, 4) is 0 Å². The van der Waals surface area contributed by atoms with E-state index < -0.39 is 0 Å². The Bertz CT molecular complexity index is 364. The van der Waals surface area contributed by atoms with Gasteiger partial charge in [-0.1, -0.05) is 26.0 Å². The van der Waals surface area contributed by atoms with Crippen LogP contribution in [-0.4, -0.2) is 17.1 Å². The Balaban J connectivity index is 0.000000686. The van der Waals surface area contributed by atoms with Crippen molar-refractivity contribution in [2.24, 2.45) is 0 Å². The van der Waals surface area contributed by atoms with E-state index in [0.717, 1.165) is 11.4 Å². The summed E-state index contributed by atoms with van der Waals surface area (Å²) in [6.07, 6.45) is 3.32. The highest BCUT2D eigenvalue weighted by molar-refractivity contribution is 5.19. The number of rotatable bonds is 3. The zero-order chi connectivity index (χ0) is 12.5. The van der Waals surface area contributed by atoms with Crippen LogP contribution in [0, 0.1) is 0 Å². The van der Waals surface area contributed by atoms with Gasteiger partial charge in [-0.2, -0.15) is 0 Å². The summed E-state index contributed by atoms with van der Waals surface area (Å²) in [7, 11) is 1.66. The van der Waals surface area contributed by atoms with Crippen LogP contribution in [0.15, 0.2) is 48.8 Å². The highest BCUT2D eigenvalue weighted by Gasteiger charge is 2.14. The molecule has 0 aliphatic rings. The molecule has 2 aromatic rings. The number of pyridine rings is 2. The summed E-state index contributed by atoms with van der Waals surface area (Å²) < 4.78 is 5.40. The van der Waals surface area contributed by atoms with E-state index in [9.17, 15) is 0 Å². The maximum Gasteiger partial charge on any atom is 0.141 e. The van der Waals surface area contributed by atoms with Crippen LogP contribution < -0.4 is 0 Å². The number of ether oxygens (including phenoxy) is 1. The summed E-state index contributed by atoms with van der Waals surface area (Å²) in [5, 5.41) is 0. The molecule has 2 heterocycles. The van der Waals surface area contributed by atoms with Crippen molar-refractivity contribution in [2.75, 3.05) is 7.11 Å². The highest BCUT2D eigenvalue weighted by Crippen LogP contribution is 2.20. The molecule has 0 spiro atoms. The van der Waals surface area contributed by atoms with Crippen LogP contribution in [0.4, 0.5) is 0 Å². The fourth-order valence-electron chi connectivity index (χ4n) is 1.46. The van der Waals surface area contributed by atoms with Crippen molar-refractivity contribution in [3.05, 3.63) is 60.2 Å². The summed E-state index contributed by atoms with van der Waals surface area (Å²) in [5.41, 5.74) is 1.75. The molecule has 2 aromatic heterocycles. The molecule has 0 radical (unpaired) electrons. The third-order valence-electron chi connectivity index (χ3n) is 2.15. The summed E-state index contributed by atoms with van der Waals surface area (Å²) in [4.78, 5) is 8.52. The second-order valence-corrected chi connectivity index (χ2v) is 3.12. The van der Waals surface area contributed by atoms with Crippen molar-refractivity contribution in [2.45, 2.75) is 20.0 Å². The van der Waals surface area contributed by atoms with E-state index in [1.54, 1.807) is 19.5 Å². The first-order valence-electron chi connectivity index (χ1n) is 5.76. The number of methoxy groups -OCH3 is 1. The first kappa shape index (κ1) is 13.3. The molecule has 90 valence electrons. The molecule has 0 fully saturated rings. The topological polar surface area (TPSA) is 35.0 Å². The highest BCUT2D eigenvalue weighted by atomic mass is 16.5. The Morgan fingerprint density at radius 2 is 1.35 bits per heavy atom. The second kappa shape index (κ2) is 7.52. The average Bonchev–Trinajstić information content (AvgIpc) is 2.44. The lowest BCUT2D eigenvalue weighted by molar-refractivity contribution is 0.129. The normalized spacial score (nSPS) is 9.65. The van der Waals surface area contributed by atoms with Crippen molar-refractivity contribution < 1.29 is 4.74 Å². The van der Waals surface area contributed by atoms with Crippen molar-refractivity contribution in [1.29, 1.82) is 0 Å². The quantitative estimate of drug-likeness (QED) is 0.812. The van der Waals surface area contributed by atoms with E-state index in [4.69, 9.17) is 4.74 Å². The first-order chi connectivity index (χ1) is 8.42. The van der Waals surface area contributed by atoms with E-state index in [1.165, 1.54) is 0 Å². The minimum absolute atomic E-state index is 0.188. The van der Waals surface area contributed by atoms with Crippen LogP contribution in [-0.2, 0) is 4.74 Å². The van der Waals surface area contributed by atoms with Crippen molar-refractivity contribution in [1.82, 2.24) is 9.97 Å². The van der Waals surface area contributed by atoms with Crippen molar-refractivity contribution >= 4 is 0 Å². The van der Waals surface area contributed by atoms with Gasteiger partial charge in [-0.05, 0) is 24.3 Å². The number of aromatic nitrogens is 2. The van der Waals surface area contributed by atoms with Gasteiger partial charge in [0.1, 0.15) is 6.10 Å². The van der Waals surface area contributed by atoms with E-state index in [0.29, 0.717) is 0 Å². The van der Waals surface area contributed by atoms with Gasteiger partial charge in [0.25, 0.3) is 0 Å². The Hall–Kier alpha value is -1.74. The third kappa shape index (κ3) is 3.64. The Morgan fingerprint density at radius 3 is 1.65 bits per heavy atom. The van der Waals surface area contributed by atoms with Gasteiger partial charge in [-0.15, -0.1) is 0 Å². The van der Waals surface area contributed by atoms with Crippen LogP contribution in [0.25, 0.3) is 0 Å². The molecule has 0 amide bonds. The van der Waals surface area contributed by atoms with E-state index in [-0.39, 0.29) is 6.10 Å². The molecule has 2 rings (SSSR count). The second-order valence-electron chi connectivity index (χ2n) is 3.12. The van der Waals surface area contributed by atoms with E-state index in [2.05, 4.69) is 9.97 Å². The van der Waals surface area contributed by atoms with Crippen molar-refractivity contribution in [3.63, 3.8) is 0 Å². The van der Waals surface area contributed by atoms with Crippen LogP contribution in [0.3, 0.4) is 0 Å². The first-order valence-corrected chi connectivity index (χ1v) is 5.76. The van der Waals surface area contributed by atoms with Gasteiger partial charge in [0.05, 0.1) is 11.4 Å². The van der Waals surface area contributed by atoms with Gasteiger partial charge in [-0.3, -0.25) is 9.97 Å².